The van der Waals surface area contributed by atoms with E-state index in [9.17, 15) is 19.7 Å². The summed E-state index contributed by atoms with van der Waals surface area (Å²) in [6.07, 6.45) is -0.459. The van der Waals surface area contributed by atoms with Crippen molar-refractivity contribution in [2.24, 2.45) is 0 Å². The van der Waals surface area contributed by atoms with Crippen LogP contribution in [0.5, 0.6) is 0 Å². The fraction of sp³-hybridized carbons (Fsp3) is 0.625. The molecule has 2 N–H and O–H groups in total. The number of nitrogens with one attached hydrogen (secondary N) is 2. The quantitative estimate of drug-likeness (QED) is 0.0916. The van der Waals surface area contributed by atoms with Crippen molar-refractivity contribution in [1.82, 2.24) is 19.5 Å². The number of hydrogen-bond donors (Lipinski definition) is 2. The first kappa shape index (κ1) is 38.3. The summed E-state index contributed by atoms with van der Waals surface area (Å²) >= 11 is 2.09. The van der Waals surface area contributed by atoms with E-state index in [0.29, 0.717) is 12.0 Å². The molecule has 3 aromatic rings. The van der Waals surface area contributed by atoms with Gasteiger partial charge in [-0.3, -0.25) is 34.6 Å². The number of anilines is 1. The van der Waals surface area contributed by atoms with E-state index in [2.05, 4.69) is 111 Å². The molecule has 1 aliphatic heterocycles. The zero-order valence-corrected chi connectivity index (χ0v) is 34.1. The number of imidazole rings is 1. The summed E-state index contributed by atoms with van der Waals surface area (Å²) in [5.74, 6) is -0.824. The summed E-state index contributed by atoms with van der Waals surface area (Å²) in [6.45, 7) is 25.0. The first-order valence-corrected chi connectivity index (χ1v) is 23.0. The number of hydrogen-bond acceptors (Lipinski definition) is 9. The van der Waals surface area contributed by atoms with Gasteiger partial charge in [-0.25, -0.2) is 4.98 Å². The van der Waals surface area contributed by atoms with E-state index in [4.69, 9.17) is 13.6 Å². The lowest BCUT2D eigenvalue weighted by molar-refractivity contribution is -0.385. The summed E-state index contributed by atoms with van der Waals surface area (Å²) in [5.41, 5.74) is 0.454. The Morgan fingerprint density at radius 3 is 2.35 bits per heavy atom. The highest BCUT2D eigenvalue weighted by atomic mass is 127. The van der Waals surface area contributed by atoms with Gasteiger partial charge in [-0.05, 0) is 64.9 Å². The predicted molar refractivity (Wildman–Crippen MR) is 199 cm³/mol. The Morgan fingerprint density at radius 1 is 1.17 bits per heavy atom. The summed E-state index contributed by atoms with van der Waals surface area (Å²) in [4.78, 5) is 48.1. The minimum absolute atomic E-state index is 0.00384. The van der Waals surface area contributed by atoms with Gasteiger partial charge >= 0.3 is 0 Å². The number of carbonyl (C=O) groups is 1. The molecule has 4 rings (SSSR count). The standard InChI is InChI=1S/C32H49IN6O7Si2/c1-18(21-14-13-20(33)15-22(21)39(42)43)26(46-48(11,12)32(6,7)8)27-23(45-47(9,10)31(3,4)5)16-24(44-27)38-17-34-25-28(38)36-30(35-19(2)40)37-29(25)41/h13-15,17-18,23-24,26-27H,16H2,1-12H3,(H2,35,36,37,40,41)/t18?,23-,24+,26?,27-/m0/s1. The third-order valence-electron chi connectivity index (χ3n) is 10.1. The van der Waals surface area contributed by atoms with Crippen LogP contribution in [-0.2, 0) is 18.4 Å². The number of aromatic amines is 1. The number of nitro benzene ring substituents is 1. The molecule has 0 bridgehead atoms. The molecule has 1 amide bonds. The van der Waals surface area contributed by atoms with Gasteiger partial charge in [-0.15, -0.1) is 0 Å². The highest BCUT2D eigenvalue weighted by Gasteiger charge is 2.52. The SMILES string of the molecule is CC(=O)Nc1nc2c(ncn2[C@H]2C[C@H](O[Si](C)(C)C(C)(C)C)[C@@H](C(O[Si](C)(C)C(C)(C)C)C(C)c3ccc(I)cc3[N+](=O)[O-])O2)c(=O)[nH]1. The molecular formula is C32H49IN6O7Si2. The molecule has 13 nitrogen and oxygen atoms in total. The van der Waals surface area contributed by atoms with E-state index in [1.54, 1.807) is 10.6 Å². The van der Waals surface area contributed by atoms with E-state index in [0.717, 1.165) is 3.57 Å². The second-order valence-electron chi connectivity index (χ2n) is 15.7. The molecule has 1 aromatic carbocycles. The van der Waals surface area contributed by atoms with E-state index < -0.39 is 52.7 Å². The highest BCUT2D eigenvalue weighted by molar-refractivity contribution is 14.1. The topological polar surface area (TPSA) is 164 Å². The van der Waals surface area contributed by atoms with Gasteiger partial charge in [0.05, 0.1) is 23.5 Å². The largest absolute Gasteiger partial charge is 0.411 e. The zero-order valence-electron chi connectivity index (χ0n) is 29.9. The molecule has 1 saturated heterocycles. The predicted octanol–water partition coefficient (Wildman–Crippen LogP) is 7.46. The molecule has 2 unspecified atom stereocenters. The van der Waals surface area contributed by atoms with Crippen molar-refractivity contribution in [2.45, 2.75) is 129 Å². The molecule has 16 heteroatoms. The van der Waals surface area contributed by atoms with Crippen molar-refractivity contribution in [2.75, 3.05) is 5.32 Å². The molecule has 1 fully saturated rings. The number of nitrogens with zero attached hydrogens (tertiary/aromatic N) is 4. The first-order valence-electron chi connectivity index (χ1n) is 16.1. The maximum Gasteiger partial charge on any atom is 0.280 e. The smallest absolute Gasteiger partial charge is 0.280 e. The number of halogens is 1. The molecule has 5 atom stereocenters. The second-order valence-corrected chi connectivity index (χ2v) is 26.5. The van der Waals surface area contributed by atoms with Gasteiger partial charge in [0.1, 0.15) is 12.3 Å². The van der Waals surface area contributed by atoms with Crippen LogP contribution in [0.25, 0.3) is 11.2 Å². The van der Waals surface area contributed by atoms with Crippen LogP contribution in [0.4, 0.5) is 11.6 Å². The summed E-state index contributed by atoms with van der Waals surface area (Å²) in [7, 11) is -4.87. The number of benzene rings is 1. The van der Waals surface area contributed by atoms with Gasteiger partial charge < -0.3 is 13.6 Å². The number of amides is 1. The van der Waals surface area contributed by atoms with Gasteiger partial charge in [0.25, 0.3) is 11.2 Å². The minimum Gasteiger partial charge on any atom is -0.411 e. The van der Waals surface area contributed by atoms with Gasteiger partial charge in [0, 0.05) is 34.5 Å². The molecule has 3 heterocycles. The fourth-order valence-corrected chi connectivity index (χ4v) is 8.55. The number of aromatic nitrogens is 4. The number of H-pyrrole nitrogens is 1. The summed E-state index contributed by atoms with van der Waals surface area (Å²) < 4.78 is 23.7. The molecule has 0 aliphatic carbocycles. The summed E-state index contributed by atoms with van der Waals surface area (Å²) in [6, 6.07) is 5.27. The number of rotatable bonds is 10. The lowest BCUT2D eigenvalue weighted by atomic mass is 9.89. The monoisotopic (exact) mass is 812 g/mol. The van der Waals surface area contributed by atoms with Crippen molar-refractivity contribution in [3.05, 3.63) is 54.1 Å². The van der Waals surface area contributed by atoms with Gasteiger partial charge in [0.2, 0.25) is 11.9 Å². The van der Waals surface area contributed by atoms with Crippen molar-refractivity contribution >= 4 is 67.9 Å². The van der Waals surface area contributed by atoms with Crippen LogP contribution in [0, 0.1) is 13.7 Å². The number of fused-ring (bicyclic) bond motifs is 1. The van der Waals surface area contributed by atoms with E-state index in [1.165, 1.54) is 13.3 Å². The molecule has 2 aromatic heterocycles. The molecular weight excluding hydrogens is 763 g/mol. The lowest BCUT2D eigenvalue weighted by Gasteiger charge is -2.45. The Labute approximate surface area is 297 Å². The van der Waals surface area contributed by atoms with E-state index in [1.807, 2.05) is 19.1 Å². The number of carbonyl (C=O) groups excluding carboxylic acids is 1. The number of ether oxygens (including phenoxy) is 1. The van der Waals surface area contributed by atoms with E-state index in [-0.39, 0.29) is 43.7 Å². The van der Waals surface area contributed by atoms with Gasteiger partial charge in [0.15, 0.2) is 27.8 Å². The molecule has 0 saturated carbocycles. The first-order chi connectivity index (χ1) is 21.9. The van der Waals surface area contributed by atoms with Gasteiger partial charge in [-0.2, -0.15) is 4.98 Å². The van der Waals surface area contributed by atoms with Gasteiger partial charge in [-0.1, -0.05) is 54.5 Å². The molecule has 264 valence electrons. The maximum absolute atomic E-state index is 12.9. The molecule has 0 spiro atoms. The van der Waals surface area contributed by atoms with Crippen molar-refractivity contribution in [3.8, 4) is 0 Å². The molecule has 1 aliphatic rings. The van der Waals surface area contributed by atoms with Crippen LogP contribution in [0.15, 0.2) is 29.3 Å². The molecule has 0 radical (unpaired) electrons. The second kappa shape index (κ2) is 13.7. The Bertz CT molecular complexity index is 1750. The zero-order chi connectivity index (χ0) is 36.1. The fourth-order valence-electron chi connectivity index (χ4n) is 5.37. The van der Waals surface area contributed by atoms with Crippen LogP contribution in [-0.4, -0.2) is 65.3 Å². The average molecular weight is 813 g/mol. The van der Waals surface area contributed by atoms with E-state index >= 15 is 0 Å². The summed E-state index contributed by atoms with van der Waals surface area (Å²) in [5, 5.41) is 14.6. The lowest BCUT2D eigenvalue weighted by Crippen LogP contribution is -2.53. The van der Waals surface area contributed by atoms with Crippen LogP contribution >= 0.6 is 22.6 Å². The Hall–Kier alpha value is -2.52. The van der Waals surface area contributed by atoms with Crippen LogP contribution in [0.1, 0.15) is 79.5 Å². The normalized spacial score (nSPS) is 20.6. The Morgan fingerprint density at radius 2 is 1.79 bits per heavy atom. The average Bonchev–Trinajstić information content (AvgIpc) is 3.53. The van der Waals surface area contributed by atoms with Crippen molar-refractivity contribution in [3.63, 3.8) is 0 Å². The van der Waals surface area contributed by atoms with Crippen molar-refractivity contribution in [1.29, 1.82) is 0 Å². The molecule has 48 heavy (non-hydrogen) atoms. The Kier molecular flexibility index (Phi) is 10.9. The van der Waals surface area contributed by atoms with Crippen LogP contribution in [0.2, 0.25) is 36.3 Å². The van der Waals surface area contributed by atoms with Crippen molar-refractivity contribution < 1.29 is 23.3 Å². The maximum atomic E-state index is 12.9. The third-order valence-corrected chi connectivity index (χ3v) is 19.8. The third kappa shape index (κ3) is 7.93. The van der Waals surface area contributed by atoms with Crippen LogP contribution in [0.3, 0.4) is 0 Å². The number of nitro groups is 1. The van der Waals surface area contributed by atoms with Crippen LogP contribution < -0.4 is 10.9 Å². The Balaban J connectivity index is 1.89. The highest BCUT2D eigenvalue weighted by Crippen LogP contribution is 2.47. The minimum atomic E-state index is -2.49.